The van der Waals surface area contributed by atoms with Crippen molar-refractivity contribution in [1.82, 2.24) is 5.32 Å². The van der Waals surface area contributed by atoms with Crippen molar-refractivity contribution in [2.45, 2.75) is 25.8 Å². The number of thiophene rings is 1. The van der Waals surface area contributed by atoms with Gasteiger partial charge in [-0.2, -0.15) is 0 Å². The van der Waals surface area contributed by atoms with Gasteiger partial charge in [0.05, 0.1) is 12.0 Å². The Morgan fingerprint density at radius 3 is 2.92 bits per heavy atom. The van der Waals surface area contributed by atoms with Crippen molar-refractivity contribution in [2.24, 2.45) is 0 Å². The van der Waals surface area contributed by atoms with E-state index < -0.39 is 0 Å². The Kier molecular flexibility index (Phi) is 4.25. The summed E-state index contributed by atoms with van der Waals surface area (Å²) in [5, 5.41) is 5.39. The monoisotopic (exact) mass is 199 g/mol. The molecule has 1 heterocycles. The zero-order chi connectivity index (χ0) is 9.68. The first-order valence-electron chi connectivity index (χ1n) is 4.62. The molecule has 0 saturated carbocycles. The quantitative estimate of drug-likeness (QED) is 0.787. The molecule has 2 nitrogen and oxygen atoms in total. The first kappa shape index (κ1) is 10.5. The SMILES string of the molecule is CCCC(NC)c1sccc1OC. The van der Waals surface area contributed by atoms with Crippen LogP contribution in [0, 0.1) is 0 Å². The fourth-order valence-corrected chi connectivity index (χ4v) is 2.43. The van der Waals surface area contributed by atoms with Crippen LogP contribution in [0.2, 0.25) is 0 Å². The minimum Gasteiger partial charge on any atom is -0.496 e. The molecule has 1 aromatic heterocycles. The molecular weight excluding hydrogens is 182 g/mol. The minimum atomic E-state index is 0.444. The van der Waals surface area contributed by atoms with Crippen LogP contribution in [0.15, 0.2) is 11.4 Å². The second-order valence-electron chi connectivity index (χ2n) is 2.98. The van der Waals surface area contributed by atoms with Crippen molar-refractivity contribution in [2.75, 3.05) is 14.2 Å². The molecule has 0 saturated heterocycles. The Balaban J connectivity index is 2.77. The molecule has 0 aliphatic rings. The molecule has 0 fully saturated rings. The molecule has 0 aliphatic heterocycles. The molecule has 0 aliphatic carbocycles. The average molecular weight is 199 g/mol. The number of hydrogen-bond donors (Lipinski definition) is 1. The lowest BCUT2D eigenvalue weighted by atomic mass is 10.1. The maximum absolute atomic E-state index is 5.28. The predicted octanol–water partition coefficient (Wildman–Crippen LogP) is 2.82. The summed E-state index contributed by atoms with van der Waals surface area (Å²) in [6.45, 7) is 2.20. The summed E-state index contributed by atoms with van der Waals surface area (Å²) in [5.74, 6) is 1.01. The van der Waals surface area contributed by atoms with Crippen molar-refractivity contribution in [3.8, 4) is 5.75 Å². The third-order valence-electron chi connectivity index (χ3n) is 2.12. The highest BCUT2D eigenvalue weighted by atomic mass is 32.1. The van der Waals surface area contributed by atoms with E-state index in [1.807, 2.05) is 13.1 Å². The summed E-state index contributed by atoms with van der Waals surface area (Å²) in [5.41, 5.74) is 0. The van der Waals surface area contributed by atoms with Crippen LogP contribution in [0.25, 0.3) is 0 Å². The number of hydrogen-bond acceptors (Lipinski definition) is 3. The van der Waals surface area contributed by atoms with Crippen molar-refractivity contribution in [3.63, 3.8) is 0 Å². The summed E-state index contributed by atoms with van der Waals surface area (Å²) in [7, 11) is 3.73. The van der Waals surface area contributed by atoms with E-state index in [4.69, 9.17) is 4.74 Å². The summed E-state index contributed by atoms with van der Waals surface area (Å²) >= 11 is 1.76. The Labute approximate surface area is 83.9 Å². The van der Waals surface area contributed by atoms with Gasteiger partial charge in [-0.05, 0) is 24.9 Å². The summed E-state index contributed by atoms with van der Waals surface area (Å²) in [4.78, 5) is 1.31. The van der Waals surface area contributed by atoms with E-state index in [0.717, 1.165) is 12.2 Å². The van der Waals surface area contributed by atoms with Gasteiger partial charge >= 0.3 is 0 Å². The second-order valence-corrected chi connectivity index (χ2v) is 3.93. The molecule has 0 aromatic carbocycles. The largest absolute Gasteiger partial charge is 0.496 e. The Morgan fingerprint density at radius 2 is 2.38 bits per heavy atom. The van der Waals surface area contributed by atoms with Gasteiger partial charge in [-0.1, -0.05) is 13.3 Å². The van der Waals surface area contributed by atoms with Gasteiger partial charge < -0.3 is 10.1 Å². The van der Waals surface area contributed by atoms with Gasteiger partial charge in [0.25, 0.3) is 0 Å². The first-order valence-corrected chi connectivity index (χ1v) is 5.50. The van der Waals surface area contributed by atoms with Crippen LogP contribution < -0.4 is 10.1 Å². The van der Waals surface area contributed by atoms with Crippen LogP contribution in [0.1, 0.15) is 30.7 Å². The van der Waals surface area contributed by atoms with Crippen LogP contribution in [0.5, 0.6) is 5.75 Å². The van der Waals surface area contributed by atoms with Gasteiger partial charge in [0.2, 0.25) is 0 Å². The zero-order valence-electron chi connectivity index (χ0n) is 8.46. The third-order valence-corrected chi connectivity index (χ3v) is 3.13. The maximum atomic E-state index is 5.28. The molecule has 1 N–H and O–H groups in total. The third kappa shape index (κ3) is 2.45. The highest BCUT2D eigenvalue weighted by Crippen LogP contribution is 2.32. The molecule has 74 valence electrons. The van der Waals surface area contributed by atoms with E-state index in [2.05, 4.69) is 17.6 Å². The molecule has 0 bridgehead atoms. The molecule has 13 heavy (non-hydrogen) atoms. The predicted molar refractivity (Wildman–Crippen MR) is 57.6 cm³/mol. The molecule has 1 rings (SSSR count). The van der Waals surface area contributed by atoms with Crippen LogP contribution in [-0.4, -0.2) is 14.2 Å². The summed E-state index contributed by atoms with van der Waals surface area (Å²) in [6.07, 6.45) is 2.35. The van der Waals surface area contributed by atoms with Crippen LogP contribution >= 0.6 is 11.3 Å². The molecule has 1 atom stereocenters. The summed E-state index contributed by atoms with van der Waals surface area (Å²) in [6, 6.07) is 2.47. The van der Waals surface area contributed by atoms with Gasteiger partial charge in [-0.15, -0.1) is 11.3 Å². The number of nitrogens with one attached hydrogen (secondary N) is 1. The molecule has 1 unspecified atom stereocenters. The molecule has 0 spiro atoms. The van der Waals surface area contributed by atoms with Gasteiger partial charge in [-0.25, -0.2) is 0 Å². The number of methoxy groups -OCH3 is 1. The first-order chi connectivity index (χ1) is 6.33. The summed E-state index contributed by atoms with van der Waals surface area (Å²) < 4.78 is 5.28. The van der Waals surface area contributed by atoms with Crippen LogP contribution in [0.3, 0.4) is 0 Å². The lowest BCUT2D eigenvalue weighted by Crippen LogP contribution is -2.15. The fraction of sp³-hybridized carbons (Fsp3) is 0.600. The van der Waals surface area contributed by atoms with Crippen molar-refractivity contribution < 1.29 is 4.74 Å². The van der Waals surface area contributed by atoms with Gasteiger partial charge in [-0.3, -0.25) is 0 Å². The second kappa shape index (κ2) is 5.25. The molecule has 3 heteroatoms. The Hall–Kier alpha value is -0.540. The normalized spacial score (nSPS) is 12.8. The molecular formula is C10H17NOS. The topological polar surface area (TPSA) is 21.3 Å². The van der Waals surface area contributed by atoms with E-state index in [9.17, 15) is 0 Å². The van der Waals surface area contributed by atoms with Crippen molar-refractivity contribution in [1.29, 1.82) is 0 Å². The lowest BCUT2D eigenvalue weighted by molar-refractivity contribution is 0.402. The van der Waals surface area contributed by atoms with Crippen LogP contribution in [0.4, 0.5) is 0 Å². The van der Waals surface area contributed by atoms with E-state index in [1.54, 1.807) is 18.4 Å². The Bertz CT molecular complexity index is 247. The van der Waals surface area contributed by atoms with Gasteiger partial charge in [0, 0.05) is 6.04 Å². The van der Waals surface area contributed by atoms with E-state index in [1.165, 1.54) is 11.3 Å². The van der Waals surface area contributed by atoms with Crippen molar-refractivity contribution in [3.05, 3.63) is 16.3 Å². The fourth-order valence-electron chi connectivity index (χ4n) is 1.43. The van der Waals surface area contributed by atoms with E-state index in [-0.39, 0.29) is 0 Å². The Morgan fingerprint density at radius 1 is 1.62 bits per heavy atom. The smallest absolute Gasteiger partial charge is 0.134 e. The molecule has 1 aromatic rings. The molecule has 0 radical (unpaired) electrons. The van der Waals surface area contributed by atoms with E-state index in [0.29, 0.717) is 6.04 Å². The van der Waals surface area contributed by atoms with Gasteiger partial charge in [0.1, 0.15) is 5.75 Å². The molecule has 0 amide bonds. The average Bonchev–Trinajstić information content (AvgIpc) is 2.61. The van der Waals surface area contributed by atoms with Crippen molar-refractivity contribution >= 4 is 11.3 Å². The lowest BCUT2D eigenvalue weighted by Gasteiger charge is -2.14. The van der Waals surface area contributed by atoms with Gasteiger partial charge in [0.15, 0.2) is 0 Å². The number of rotatable bonds is 5. The maximum Gasteiger partial charge on any atom is 0.134 e. The van der Waals surface area contributed by atoms with E-state index >= 15 is 0 Å². The standard InChI is InChI=1S/C10H17NOS/c1-4-5-8(11-2)10-9(12-3)6-7-13-10/h6-8,11H,4-5H2,1-3H3. The highest BCUT2D eigenvalue weighted by molar-refractivity contribution is 7.10. The number of ether oxygens (including phenoxy) is 1. The zero-order valence-corrected chi connectivity index (χ0v) is 9.28. The minimum absolute atomic E-state index is 0.444. The highest BCUT2D eigenvalue weighted by Gasteiger charge is 2.14. The van der Waals surface area contributed by atoms with Crippen LogP contribution in [-0.2, 0) is 0 Å².